The van der Waals surface area contributed by atoms with Crippen LogP contribution in [0.25, 0.3) is 0 Å². The van der Waals surface area contributed by atoms with Crippen LogP contribution < -0.4 is 10.0 Å². The Hall–Kier alpha value is -2.64. The minimum atomic E-state index is -3.81. The molecule has 138 valence electrons. The lowest BCUT2D eigenvalue weighted by molar-refractivity contribution is 0.102. The van der Waals surface area contributed by atoms with Crippen molar-refractivity contribution in [1.82, 2.24) is 0 Å². The number of hydrogen-bond acceptors (Lipinski definition) is 3. The molecule has 0 radical (unpaired) electrons. The lowest BCUT2D eigenvalue weighted by atomic mass is 10.1. The van der Waals surface area contributed by atoms with Gasteiger partial charge < -0.3 is 5.32 Å². The number of carbonyl (C=O) groups is 1. The van der Waals surface area contributed by atoms with Crippen molar-refractivity contribution in [2.24, 2.45) is 0 Å². The van der Waals surface area contributed by atoms with E-state index in [4.69, 9.17) is 0 Å². The first-order valence-electron chi connectivity index (χ1n) is 8.10. The van der Waals surface area contributed by atoms with Gasteiger partial charge in [-0.3, -0.25) is 9.52 Å². The quantitative estimate of drug-likeness (QED) is 0.592. The van der Waals surface area contributed by atoms with E-state index in [2.05, 4.69) is 26.0 Å². The average Bonchev–Trinajstić information content (AvgIpc) is 2.64. The Morgan fingerprint density at radius 2 is 1.56 bits per heavy atom. The lowest BCUT2D eigenvalue weighted by Crippen LogP contribution is -2.17. The predicted molar refractivity (Wildman–Crippen MR) is 111 cm³/mol. The third-order valence-corrected chi connectivity index (χ3v) is 5.92. The highest BCUT2D eigenvalue weighted by molar-refractivity contribution is 9.10. The monoisotopic (exact) mass is 444 g/mol. The third-order valence-electron chi connectivity index (χ3n) is 3.87. The normalized spacial score (nSPS) is 11.0. The van der Waals surface area contributed by atoms with Crippen molar-refractivity contribution in [2.75, 3.05) is 10.0 Å². The standard InChI is InChI=1S/C20H17BrN2O3S/c1-14-7-8-15(20(24)22-17-11-9-16(21)10-12-17)13-19(14)27(25,26)23-18-5-3-2-4-6-18/h2-13,23H,1H3,(H,22,24). The van der Waals surface area contributed by atoms with Gasteiger partial charge in [0.25, 0.3) is 15.9 Å². The predicted octanol–water partition coefficient (Wildman–Crippen LogP) is 4.81. The van der Waals surface area contributed by atoms with Gasteiger partial charge in [0, 0.05) is 21.4 Å². The van der Waals surface area contributed by atoms with Crippen LogP contribution in [0.1, 0.15) is 15.9 Å². The zero-order valence-corrected chi connectivity index (χ0v) is 16.8. The summed E-state index contributed by atoms with van der Waals surface area (Å²) in [6.45, 7) is 1.69. The number of para-hydroxylation sites is 1. The van der Waals surface area contributed by atoms with E-state index in [1.807, 2.05) is 12.1 Å². The summed E-state index contributed by atoms with van der Waals surface area (Å²) in [5, 5.41) is 2.76. The maximum Gasteiger partial charge on any atom is 0.262 e. The molecule has 0 fully saturated rings. The van der Waals surface area contributed by atoms with Crippen LogP contribution in [0.2, 0.25) is 0 Å². The number of aryl methyl sites for hydroxylation is 1. The highest BCUT2D eigenvalue weighted by atomic mass is 79.9. The molecule has 0 saturated carbocycles. The molecule has 0 bridgehead atoms. The Morgan fingerprint density at radius 3 is 2.22 bits per heavy atom. The Kier molecular flexibility index (Phi) is 5.62. The molecule has 0 aliphatic carbocycles. The molecule has 0 unspecified atom stereocenters. The molecule has 2 N–H and O–H groups in total. The molecule has 0 spiro atoms. The maximum atomic E-state index is 12.7. The first-order valence-corrected chi connectivity index (χ1v) is 10.4. The summed E-state index contributed by atoms with van der Waals surface area (Å²) in [5.41, 5.74) is 1.90. The van der Waals surface area contributed by atoms with Crippen molar-refractivity contribution in [3.63, 3.8) is 0 Å². The number of rotatable bonds is 5. The molecule has 1 amide bonds. The van der Waals surface area contributed by atoms with E-state index in [1.54, 1.807) is 61.5 Å². The molecule has 7 heteroatoms. The van der Waals surface area contributed by atoms with E-state index >= 15 is 0 Å². The van der Waals surface area contributed by atoms with Crippen LogP contribution in [0.3, 0.4) is 0 Å². The van der Waals surface area contributed by atoms with Crippen molar-refractivity contribution < 1.29 is 13.2 Å². The Balaban J connectivity index is 1.87. The fraction of sp³-hybridized carbons (Fsp3) is 0.0500. The Morgan fingerprint density at radius 1 is 0.889 bits per heavy atom. The molecule has 0 aromatic heterocycles. The molecule has 0 heterocycles. The molecule has 3 aromatic carbocycles. The van der Waals surface area contributed by atoms with Crippen LogP contribution in [-0.4, -0.2) is 14.3 Å². The topological polar surface area (TPSA) is 75.3 Å². The zero-order chi connectivity index (χ0) is 19.4. The minimum absolute atomic E-state index is 0.0646. The van der Waals surface area contributed by atoms with Crippen LogP contribution in [0.15, 0.2) is 82.2 Å². The highest BCUT2D eigenvalue weighted by Gasteiger charge is 2.19. The first kappa shape index (κ1) is 19.1. The molecule has 0 saturated heterocycles. The molecular weight excluding hydrogens is 428 g/mol. The second-order valence-corrected chi connectivity index (χ2v) is 8.48. The second kappa shape index (κ2) is 7.94. The van der Waals surface area contributed by atoms with Crippen LogP contribution in [0.5, 0.6) is 0 Å². The summed E-state index contributed by atoms with van der Waals surface area (Å²) >= 11 is 3.34. The number of benzene rings is 3. The van der Waals surface area contributed by atoms with Gasteiger partial charge in [-0.2, -0.15) is 0 Å². The number of halogens is 1. The maximum absolute atomic E-state index is 12.7. The van der Waals surface area contributed by atoms with Gasteiger partial charge in [0.2, 0.25) is 0 Å². The van der Waals surface area contributed by atoms with Gasteiger partial charge in [-0.25, -0.2) is 8.42 Å². The summed E-state index contributed by atoms with van der Waals surface area (Å²) in [5.74, 6) is -0.381. The van der Waals surface area contributed by atoms with Gasteiger partial charge in [-0.15, -0.1) is 0 Å². The summed E-state index contributed by atoms with van der Waals surface area (Å²) in [6.07, 6.45) is 0. The lowest BCUT2D eigenvalue weighted by Gasteiger charge is -2.12. The van der Waals surface area contributed by atoms with Gasteiger partial charge in [0.05, 0.1) is 4.90 Å². The average molecular weight is 445 g/mol. The van der Waals surface area contributed by atoms with Crippen molar-refractivity contribution in [1.29, 1.82) is 0 Å². The Labute approximate surface area is 166 Å². The van der Waals surface area contributed by atoms with Crippen molar-refractivity contribution >= 4 is 43.2 Å². The van der Waals surface area contributed by atoms with E-state index in [0.717, 1.165) is 4.47 Å². The smallest absolute Gasteiger partial charge is 0.262 e. The zero-order valence-electron chi connectivity index (χ0n) is 14.4. The molecule has 5 nitrogen and oxygen atoms in total. The number of anilines is 2. The molecule has 0 aliphatic rings. The van der Waals surface area contributed by atoms with Crippen molar-refractivity contribution in [3.05, 3.63) is 88.4 Å². The molecule has 0 atom stereocenters. The molecule has 3 rings (SSSR count). The van der Waals surface area contributed by atoms with Crippen LogP contribution in [0.4, 0.5) is 11.4 Å². The third kappa shape index (κ3) is 4.75. The van der Waals surface area contributed by atoms with Crippen molar-refractivity contribution in [3.8, 4) is 0 Å². The fourth-order valence-electron chi connectivity index (χ4n) is 2.48. The van der Waals surface area contributed by atoms with Crippen LogP contribution >= 0.6 is 15.9 Å². The summed E-state index contributed by atoms with van der Waals surface area (Å²) in [7, 11) is -3.81. The fourth-order valence-corrected chi connectivity index (χ4v) is 4.08. The van der Waals surface area contributed by atoms with Crippen LogP contribution in [-0.2, 0) is 10.0 Å². The summed E-state index contributed by atoms with van der Waals surface area (Å²) in [6, 6.07) is 20.4. The van der Waals surface area contributed by atoms with E-state index in [9.17, 15) is 13.2 Å². The van der Waals surface area contributed by atoms with Gasteiger partial charge in [-0.1, -0.05) is 40.2 Å². The molecule has 27 heavy (non-hydrogen) atoms. The van der Waals surface area contributed by atoms with Gasteiger partial charge in [0.15, 0.2) is 0 Å². The number of carbonyl (C=O) groups excluding carboxylic acids is 1. The van der Waals surface area contributed by atoms with Gasteiger partial charge >= 0.3 is 0 Å². The van der Waals surface area contributed by atoms with E-state index < -0.39 is 10.0 Å². The summed E-state index contributed by atoms with van der Waals surface area (Å²) in [4.78, 5) is 12.6. The largest absolute Gasteiger partial charge is 0.322 e. The molecule has 3 aromatic rings. The summed E-state index contributed by atoms with van der Waals surface area (Å²) < 4.78 is 28.9. The number of hydrogen-bond donors (Lipinski definition) is 2. The first-order chi connectivity index (χ1) is 12.8. The second-order valence-electron chi connectivity index (χ2n) is 5.91. The van der Waals surface area contributed by atoms with Crippen molar-refractivity contribution in [2.45, 2.75) is 11.8 Å². The molecular formula is C20H17BrN2O3S. The SMILES string of the molecule is Cc1ccc(C(=O)Nc2ccc(Br)cc2)cc1S(=O)(=O)Nc1ccccc1. The van der Waals surface area contributed by atoms with E-state index in [-0.39, 0.29) is 16.4 Å². The number of nitrogens with one attached hydrogen (secondary N) is 2. The van der Waals surface area contributed by atoms with Gasteiger partial charge in [0.1, 0.15) is 0 Å². The number of sulfonamides is 1. The van der Waals surface area contributed by atoms with E-state index in [1.165, 1.54) is 6.07 Å². The number of amides is 1. The highest BCUT2D eigenvalue weighted by Crippen LogP contribution is 2.22. The Bertz CT molecular complexity index is 1070. The van der Waals surface area contributed by atoms with Crippen LogP contribution in [0, 0.1) is 6.92 Å². The van der Waals surface area contributed by atoms with Gasteiger partial charge in [-0.05, 0) is 61.0 Å². The molecule has 0 aliphatic heterocycles. The van der Waals surface area contributed by atoms with E-state index in [0.29, 0.717) is 16.9 Å². The minimum Gasteiger partial charge on any atom is -0.322 e.